The fourth-order valence-electron chi connectivity index (χ4n) is 4.89. The minimum absolute atomic E-state index is 0.0968. The van der Waals surface area contributed by atoms with Gasteiger partial charge in [0, 0.05) is 51.8 Å². The van der Waals surface area contributed by atoms with Crippen LogP contribution in [0.3, 0.4) is 0 Å². The van der Waals surface area contributed by atoms with Gasteiger partial charge in [0.2, 0.25) is 5.91 Å². The molecule has 7 heteroatoms. The molecule has 2 amide bonds. The molecule has 3 aliphatic rings. The van der Waals surface area contributed by atoms with Crippen molar-refractivity contribution in [2.24, 2.45) is 0 Å². The average molecular weight is 373 g/mol. The van der Waals surface area contributed by atoms with Gasteiger partial charge in [-0.05, 0) is 37.3 Å². The van der Waals surface area contributed by atoms with E-state index in [0.717, 1.165) is 31.2 Å². The lowest BCUT2D eigenvalue weighted by atomic mass is 9.72. The number of likely N-dealkylation sites (tertiary alicyclic amines) is 2. The molecule has 0 radical (unpaired) electrons. The van der Waals surface area contributed by atoms with Gasteiger partial charge in [0.1, 0.15) is 0 Å². The van der Waals surface area contributed by atoms with E-state index in [-0.39, 0.29) is 29.5 Å². The van der Waals surface area contributed by atoms with E-state index in [0.29, 0.717) is 32.7 Å². The van der Waals surface area contributed by atoms with Crippen molar-refractivity contribution in [3.8, 4) is 0 Å². The number of pyridine rings is 1. The monoisotopic (exact) mass is 373 g/mol. The highest BCUT2D eigenvalue weighted by molar-refractivity contribution is 5.91. The van der Waals surface area contributed by atoms with E-state index < -0.39 is 0 Å². The second-order valence-corrected chi connectivity index (χ2v) is 7.69. The Balaban J connectivity index is 1.37. The summed E-state index contributed by atoms with van der Waals surface area (Å²) < 4.78 is 11.0. The van der Waals surface area contributed by atoms with Crippen LogP contribution in [0.25, 0.3) is 0 Å². The van der Waals surface area contributed by atoms with Gasteiger partial charge in [0.15, 0.2) is 6.10 Å². The lowest BCUT2D eigenvalue weighted by Crippen LogP contribution is -2.79. The zero-order valence-electron chi connectivity index (χ0n) is 15.8. The molecule has 27 heavy (non-hydrogen) atoms. The highest BCUT2D eigenvalue weighted by atomic mass is 16.5. The van der Waals surface area contributed by atoms with Crippen molar-refractivity contribution in [2.45, 2.75) is 49.8 Å². The maximum Gasteiger partial charge on any atom is 0.254 e. The van der Waals surface area contributed by atoms with Crippen LogP contribution in [0.2, 0.25) is 0 Å². The van der Waals surface area contributed by atoms with Gasteiger partial charge < -0.3 is 19.3 Å². The summed E-state index contributed by atoms with van der Waals surface area (Å²) in [5.74, 6) is 0.228. The number of β-lactam (4-membered cyclic amide) rings is 1. The van der Waals surface area contributed by atoms with Gasteiger partial charge in [-0.25, -0.2) is 0 Å². The zero-order valence-corrected chi connectivity index (χ0v) is 15.8. The first-order valence-corrected chi connectivity index (χ1v) is 9.76. The van der Waals surface area contributed by atoms with Crippen LogP contribution in [0.5, 0.6) is 0 Å². The van der Waals surface area contributed by atoms with Crippen molar-refractivity contribution in [3.63, 3.8) is 0 Å². The van der Waals surface area contributed by atoms with Crippen molar-refractivity contribution < 1.29 is 19.1 Å². The van der Waals surface area contributed by atoms with E-state index in [9.17, 15) is 9.59 Å². The number of rotatable bonds is 4. The molecule has 0 aliphatic carbocycles. The molecule has 1 aromatic rings. The number of methoxy groups -OCH3 is 1. The standard InChI is InChI=1S/C20H27N3O4/c1-26-18-19(25)23(20(18)6-11-27-12-7-20)16-4-9-22(10-5-16)17(24)13-15-3-2-8-21-14-15/h2-3,8,14,16,18H,4-7,9-13H2,1H3. The Labute approximate surface area is 159 Å². The van der Waals surface area contributed by atoms with Crippen LogP contribution < -0.4 is 0 Å². The number of amides is 2. The molecule has 0 N–H and O–H groups in total. The SMILES string of the molecule is COC1C(=O)N(C2CCN(C(=O)Cc3cccnc3)CC2)C12CCOCC2. The van der Waals surface area contributed by atoms with Gasteiger partial charge in [-0.3, -0.25) is 14.6 Å². The summed E-state index contributed by atoms with van der Waals surface area (Å²) in [5, 5.41) is 0. The number of nitrogens with zero attached hydrogens (tertiary/aromatic N) is 3. The second-order valence-electron chi connectivity index (χ2n) is 7.69. The molecule has 0 aromatic carbocycles. The Morgan fingerprint density at radius 3 is 2.70 bits per heavy atom. The predicted molar refractivity (Wildman–Crippen MR) is 98.0 cm³/mol. The molecule has 4 heterocycles. The molecule has 0 bridgehead atoms. The molecule has 4 rings (SSSR count). The Kier molecular flexibility index (Phi) is 5.14. The maximum absolute atomic E-state index is 12.7. The fraction of sp³-hybridized carbons (Fsp3) is 0.650. The van der Waals surface area contributed by atoms with Gasteiger partial charge in [-0.15, -0.1) is 0 Å². The first-order valence-electron chi connectivity index (χ1n) is 9.76. The van der Waals surface area contributed by atoms with Gasteiger partial charge in [0.05, 0.1) is 12.0 Å². The Morgan fingerprint density at radius 2 is 2.07 bits per heavy atom. The number of carbonyl (C=O) groups excluding carboxylic acids is 2. The van der Waals surface area contributed by atoms with Crippen LogP contribution in [-0.4, -0.2) is 77.7 Å². The molecule has 1 aromatic heterocycles. The van der Waals surface area contributed by atoms with Crippen molar-refractivity contribution in [1.82, 2.24) is 14.8 Å². The highest BCUT2D eigenvalue weighted by Gasteiger charge is 2.62. The van der Waals surface area contributed by atoms with E-state index in [1.54, 1.807) is 19.5 Å². The summed E-state index contributed by atoms with van der Waals surface area (Å²) in [6.07, 6.45) is 6.80. The van der Waals surface area contributed by atoms with Crippen LogP contribution in [0.15, 0.2) is 24.5 Å². The van der Waals surface area contributed by atoms with E-state index in [1.165, 1.54) is 0 Å². The first-order chi connectivity index (χ1) is 13.2. The van der Waals surface area contributed by atoms with Crippen LogP contribution in [0.4, 0.5) is 0 Å². The number of aromatic nitrogens is 1. The largest absolute Gasteiger partial charge is 0.381 e. The van der Waals surface area contributed by atoms with Crippen molar-refractivity contribution >= 4 is 11.8 Å². The van der Waals surface area contributed by atoms with Crippen molar-refractivity contribution in [3.05, 3.63) is 30.1 Å². The third kappa shape index (κ3) is 3.23. The third-order valence-corrected chi connectivity index (χ3v) is 6.28. The molecule has 146 valence electrons. The van der Waals surface area contributed by atoms with Crippen molar-refractivity contribution in [1.29, 1.82) is 0 Å². The van der Waals surface area contributed by atoms with Crippen LogP contribution in [0, 0.1) is 0 Å². The van der Waals surface area contributed by atoms with Gasteiger partial charge in [-0.2, -0.15) is 0 Å². The fourth-order valence-corrected chi connectivity index (χ4v) is 4.89. The minimum atomic E-state index is -0.341. The number of hydrogen-bond donors (Lipinski definition) is 0. The summed E-state index contributed by atoms with van der Waals surface area (Å²) in [6, 6.07) is 3.96. The summed E-state index contributed by atoms with van der Waals surface area (Å²) in [7, 11) is 1.62. The normalized spacial score (nSPS) is 25.5. The molecule has 3 aliphatic heterocycles. The van der Waals surface area contributed by atoms with E-state index >= 15 is 0 Å². The third-order valence-electron chi connectivity index (χ3n) is 6.28. The number of ether oxygens (including phenoxy) is 2. The summed E-state index contributed by atoms with van der Waals surface area (Å²) in [6.45, 7) is 2.73. The highest BCUT2D eigenvalue weighted by Crippen LogP contribution is 2.45. The van der Waals surface area contributed by atoms with E-state index in [1.807, 2.05) is 17.0 Å². The predicted octanol–water partition coefficient (Wildman–Crippen LogP) is 1.02. The van der Waals surface area contributed by atoms with E-state index in [2.05, 4.69) is 9.88 Å². The summed E-state index contributed by atoms with van der Waals surface area (Å²) in [5.41, 5.74) is 0.725. The van der Waals surface area contributed by atoms with Crippen molar-refractivity contribution in [2.75, 3.05) is 33.4 Å². The number of hydrogen-bond acceptors (Lipinski definition) is 5. The molecule has 0 saturated carbocycles. The molecule has 7 nitrogen and oxygen atoms in total. The lowest BCUT2D eigenvalue weighted by Gasteiger charge is -2.61. The Morgan fingerprint density at radius 1 is 1.33 bits per heavy atom. The molecule has 1 atom stereocenters. The smallest absolute Gasteiger partial charge is 0.254 e. The Hall–Kier alpha value is -1.99. The maximum atomic E-state index is 12.7. The molecule has 1 spiro atoms. The van der Waals surface area contributed by atoms with Crippen LogP contribution in [0.1, 0.15) is 31.2 Å². The molecular formula is C20H27N3O4. The summed E-state index contributed by atoms with van der Waals surface area (Å²) in [4.78, 5) is 33.3. The topological polar surface area (TPSA) is 72.0 Å². The van der Waals surface area contributed by atoms with Crippen LogP contribution >= 0.6 is 0 Å². The molecule has 3 fully saturated rings. The molecular weight excluding hydrogens is 346 g/mol. The second kappa shape index (κ2) is 7.56. The van der Waals surface area contributed by atoms with Gasteiger partial charge in [0.25, 0.3) is 5.91 Å². The number of carbonyl (C=O) groups is 2. The molecule has 3 saturated heterocycles. The van der Waals surface area contributed by atoms with E-state index in [4.69, 9.17) is 9.47 Å². The Bertz CT molecular complexity index is 682. The first kappa shape index (κ1) is 18.4. The number of piperidine rings is 1. The lowest BCUT2D eigenvalue weighted by molar-refractivity contribution is -0.213. The van der Waals surface area contributed by atoms with Gasteiger partial charge in [-0.1, -0.05) is 6.07 Å². The van der Waals surface area contributed by atoms with Crippen LogP contribution in [-0.2, 0) is 25.5 Å². The van der Waals surface area contributed by atoms with Gasteiger partial charge >= 0.3 is 0 Å². The average Bonchev–Trinajstić information content (AvgIpc) is 2.70. The molecule has 1 unspecified atom stereocenters. The quantitative estimate of drug-likeness (QED) is 0.737. The zero-order chi connectivity index (χ0) is 18.9. The summed E-state index contributed by atoms with van der Waals surface area (Å²) >= 11 is 0. The minimum Gasteiger partial charge on any atom is -0.381 e.